The van der Waals surface area contributed by atoms with Crippen molar-refractivity contribution in [2.24, 2.45) is 0 Å². The topological polar surface area (TPSA) is 56.5 Å². The van der Waals surface area contributed by atoms with E-state index < -0.39 is 11.4 Å². The minimum atomic E-state index is -0.841. The summed E-state index contributed by atoms with van der Waals surface area (Å²) in [6.45, 7) is 1.41. The fraction of sp³-hybridized carbons (Fsp3) is 0.500. The van der Waals surface area contributed by atoms with E-state index in [1.807, 2.05) is 6.07 Å². The van der Waals surface area contributed by atoms with E-state index in [0.717, 1.165) is 0 Å². The van der Waals surface area contributed by atoms with Crippen molar-refractivity contribution in [1.82, 2.24) is 0 Å². The van der Waals surface area contributed by atoms with Crippen LogP contribution in [-0.2, 0) is 4.74 Å². The third-order valence-electron chi connectivity index (χ3n) is 3.47. The van der Waals surface area contributed by atoms with E-state index >= 15 is 0 Å². The minimum Gasteiger partial charge on any atom is -0.388 e. The molecule has 0 amide bonds. The SMILES string of the molecule is CN(CC1(O)CCOCC1)c1cccc(F)c1C#N. The molecule has 0 aliphatic carbocycles. The molecule has 1 aromatic carbocycles. The van der Waals surface area contributed by atoms with Gasteiger partial charge in [0, 0.05) is 39.6 Å². The van der Waals surface area contributed by atoms with Crippen molar-refractivity contribution < 1.29 is 14.2 Å². The van der Waals surface area contributed by atoms with Crippen LogP contribution >= 0.6 is 0 Å². The van der Waals surface area contributed by atoms with E-state index in [4.69, 9.17) is 10.00 Å². The number of hydrogen-bond donors (Lipinski definition) is 1. The molecule has 1 aromatic rings. The monoisotopic (exact) mass is 264 g/mol. The van der Waals surface area contributed by atoms with Gasteiger partial charge in [-0.05, 0) is 12.1 Å². The van der Waals surface area contributed by atoms with Crippen molar-refractivity contribution >= 4 is 5.69 Å². The van der Waals surface area contributed by atoms with E-state index in [0.29, 0.717) is 38.3 Å². The van der Waals surface area contributed by atoms with Gasteiger partial charge in [0.05, 0.1) is 11.3 Å². The van der Waals surface area contributed by atoms with E-state index in [2.05, 4.69) is 0 Å². The summed E-state index contributed by atoms with van der Waals surface area (Å²) in [5, 5.41) is 19.5. The molecule has 1 heterocycles. The van der Waals surface area contributed by atoms with Crippen LogP contribution < -0.4 is 4.90 Å². The summed E-state index contributed by atoms with van der Waals surface area (Å²) >= 11 is 0. The molecule has 1 aliphatic heterocycles. The average Bonchev–Trinajstić information content (AvgIpc) is 2.38. The smallest absolute Gasteiger partial charge is 0.143 e. The largest absolute Gasteiger partial charge is 0.388 e. The Morgan fingerprint density at radius 2 is 2.16 bits per heavy atom. The Morgan fingerprint density at radius 1 is 1.47 bits per heavy atom. The van der Waals surface area contributed by atoms with Gasteiger partial charge in [0.2, 0.25) is 0 Å². The van der Waals surface area contributed by atoms with Crippen LogP contribution in [0.1, 0.15) is 18.4 Å². The third-order valence-corrected chi connectivity index (χ3v) is 3.47. The van der Waals surface area contributed by atoms with Gasteiger partial charge in [-0.25, -0.2) is 4.39 Å². The van der Waals surface area contributed by atoms with Gasteiger partial charge >= 0.3 is 0 Å². The van der Waals surface area contributed by atoms with Crippen LogP contribution in [0.4, 0.5) is 10.1 Å². The molecule has 4 nitrogen and oxygen atoms in total. The maximum atomic E-state index is 13.6. The molecule has 0 aromatic heterocycles. The van der Waals surface area contributed by atoms with Crippen molar-refractivity contribution in [3.63, 3.8) is 0 Å². The molecular weight excluding hydrogens is 247 g/mol. The van der Waals surface area contributed by atoms with Gasteiger partial charge in [-0.15, -0.1) is 0 Å². The van der Waals surface area contributed by atoms with Crippen LogP contribution in [0.3, 0.4) is 0 Å². The fourth-order valence-electron chi connectivity index (χ4n) is 2.38. The second kappa shape index (κ2) is 5.55. The third kappa shape index (κ3) is 3.03. The number of ether oxygens (including phenoxy) is 1. The predicted molar refractivity (Wildman–Crippen MR) is 69.4 cm³/mol. The molecule has 19 heavy (non-hydrogen) atoms. The van der Waals surface area contributed by atoms with Crippen LogP contribution in [0.5, 0.6) is 0 Å². The zero-order chi connectivity index (χ0) is 13.9. The Hall–Kier alpha value is -1.64. The van der Waals surface area contributed by atoms with Gasteiger partial charge in [-0.2, -0.15) is 5.26 Å². The van der Waals surface area contributed by atoms with Crippen molar-refractivity contribution in [3.05, 3.63) is 29.6 Å². The molecule has 1 fully saturated rings. The van der Waals surface area contributed by atoms with E-state index in [-0.39, 0.29) is 5.56 Å². The molecule has 1 saturated heterocycles. The van der Waals surface area contributed by atoms with E-state index in [1.54, 1.807) is 24.1 Å². The molecule has 0 saturated carbocycles. The van der Waals surface area contributed by atoms with Gasteiger partial charge in [0.25, 0.3) is 0 Å². The first-order valence-electron chi connectivity index (χ1n) is 6.26. The highest BCUT2D eigenvalue weighted by Crippen LogP contribution is 2.26. The van der Waals surface area contributed by atoms with E-state index in [9.17, 15) is 9.50 Å². The Morgan fingerprint density at radius 3 is 2.79 bits per heavy atom. The predicted octanol–water partition coefficient (Wildman–Crippen LogP) is 1.68. The highest BCUT2D eigenvalue weighted by Gasteiger charge is 2.31. The van der Waals surface area contributed by atoms with Gasteiger partial charge in [-0.3, -0.25) is 0 Å². The van der Waals surface area contributed by atoms with Crippen molar-refractivity contribution in [3.8, 4) is 6.07 Å². The lowest BCUT2D eigenvalue weighted by Gasteiger charge is -2.36. The molecule has 0 radical (unpaired) electrons. The number of likely N-dealkylation sites (N-methyl/N-ethyl adjacent to an activating group) is 1. The zero-order valence-electron chi connectivity index (χ0n) is 10.9. The highest BCUT2D eigenvalue weighted by molar-refractivity contribution is 5.59. The molecule has 5 heteroatoms. The fourth-order valence-corrected chi connectivity index (χ4v) is 2.38. The molecule has 0 spiro atoms. The van der Waals surface area contributed by atoms with Gasteiger partial charge in [0.15, 0.2) is 0 Å². The number of rotatable bonds is 3. The van der Waals surface area contributed by atoms with Gasteiger partial charge < -0.3 is 14.7 Å². The average molecular weight is 264 g/mol. The summed E-state index contributed by atoms with van der Waals surface area (Å²) in [7, 11) is 1.75. The van der Waals surface area contributed by atoms with Crippen molar-refractivity contribution in [2.75, 3.05) is 31.7 Å². The molecule has 0 atom stereocenters. The van der Waals surface area contributed by atoms with Gasteiger partial charge in [0.1, 0.15) is 17.4 Å². The van der Waals surface area contributed by atoms with Crippen LogP contribution in [-0.4, -0.2) is 37.5 Å². The second-order valence-corrected chi connectivity index (χ2v) is 4.94. The second-order valence-electron chi connectivity index (χ2n) is 4.94. The Bertz CT molecular complexity index is 493. The normalized spacial score (nSPS) is 17.8. The summed E-state index contributed by atoms with van der Waals surface area (Å²) in [6, 6.07) is 6.38. The standard InChI is InChI=1S/C14H17FN2O2/c1-17(10-14(18)5-7-19-8-6-14)13-4-2-3-12(15)11(13)9-16/h2-4,18H,5-8,10H2,1H3. The molecule has 1 aliphatic rings. The van der Waals surface area contributed by atoms with Crippen molar-refractivity contribution in [1.29, 1.82) is 5.26 Å². The zero-order valence-corrected chi connectivity index (χ0v) is 10.9. The number of benzene rings is 1. The van der Waals surface area contributed by atoms with Crippen molar-refractivity contribution in [2.45, 2.75) is 18.4 Å². The molecule has 0 bridgehead atoms. The first-order valence-corrected chi connectivity index (χ1v) is 6.26. The summed E-state index contributed by atoms with van der Waals surface area (Å²) in [6.07, 6.45) is 1.10. The maximum Gasteiger partial charge on any atom is 0.143 e. The lowest BCUT2D eigenvalue weighted by atomic mass is 9.93. The summed E-state index contributed by atoms with van der Waals surface area (Å²) in [5.74, 6) is -0.536. The first kappa shape index (κ1) is 13.8. The number of halogens is 1. The minimum absolute atomic E-state index is 0.0145. The Kier molecular flexibility index (Phi) is 4.03. The number of anilines is 1. The number of hydrogen-bond acceptors (Lipinski definition) is 4. The lowest BCUT2D eigenvalue weighted by molar-refractivity contribution is -0.0572. The molecule has 2 rings (SSSR count). The quantitative estimate of drug-likeness (QED) is 0.902. The number of nitriles is 1. The summed E-state index contributed by atoms with van der Waals surface area (Å²) in [5.41, 5.74) is -0.324. The summed E-state index contributed by atoms with van der Waals surface area (Å²) < 4.78 is 18.8. The maximum absolute atomic E-state index is 13.6. The van der Waals surface area contributed by atoms with E-state index in [1.165, 1.54) is 6.07 Å². The Labute approximate surface area is 112 Å². The van der Waals surface area contributed by atoms with Crippen LogP contribution in [0.15, 0.2) is 18.2 Å². The number of nitrogens with zero attached hydrogens (tertiary/aromatic N) is 2. The van der Waals surface area contributed by atoms with Gasteiger partial charge in [-0.1, -0.05) is 6.07 Å². The number of aliphatic hydroxyl groups is 1. The molecular formula is C14H17FN2O2. The van der Waals surface area contributed by atoms with Crippen LogP contribution in [0.2, 0.25) is 0 Å². The molecule has 1 N–H and O–H groups in total. The lowest BCUT2D eigenvalue weighted by Crippen LogP contribution is -2.46. The summed E-state index contributed by atoms with van der Waals surface area (Å²) in [4.78, 5) is 1.73. The Balaban J connectivity index is 2.18. The van der Waals surface area contributed by atoms with Crippen LogP contribution in [0.25, 0.3) is 0 Å². The first-order chi connectivity index (χ1) is 9.06. The molecule has 0 unspecified atom stereocenters. The highest BCUT2D eigenvalue weighted by atomic mass is 19.1. The van der Waals surface area contributed by atoms with Crippen LogP contribution in [0, 0.1) is 17.1 Å². The molecule has 102 valence electrons.